The summed E-state index contributed by atoms with van der Waals surface area (Å²) in [7, 11) is 3.64. The monoisotopic (exact) mass is 248 g/mol. The van der Waals surface area contributed by atoms with Gasteiger partial charge in [0.25, 0.3) is 0 Å². The first-order valence-corrected chi connectivity index (χ1v) is 6.22. The number of nitrogens with one attached hydrogen (secondary N) is 1. The average molecular weight is 248 g/mol. The standard InChI is InChI=1S/C14H20N2O2/c1-10-4-5-13(18-3)11(8-10)14(17)12-9-16(2)7-6-15-12/h4-5,8,12,15H,6-7,9H2,1-3H3. The van der Waals surface area contributed by atoms with Crippen LogP contribution in [-0.2, 0) is 0 Å². The van der Waals surface area contributed by atoms with Crippen LogP contribution < -0.4 is 10.1 Å². The molecule has 1 heterocycles. The third kappa shape index (κ3) is 2.71. The second kappa shape index (κ2) is 5.50. The number of ether oxygens (including phenoxy) is 1. The summed E-state index contributed by atoms with van der Waals surface area (Å²) < 4.78 is 5.28. The Morgan fingerprint density at radius 2 is 2.28 bits per heavy atom. The molecule has 1 fully saturated rings. The van der Waals surface area contributed by atoms with Gasteiger partial charge in [0.05, 0.1) is 18.7 Å². The molecule has 1 atom stereocenters. The maximum Gasteiger partial charge on any atom is 0.184 e. The van der Waals surface area contributed by atoms with Crippen molar-refractivity contribution in [3.05, 3.63) is 29.3 Å². The van der Waals surface area contributed by atoms with Crippen molar-refractivity contribution in [1.29, 1.82) is 0 Å². The lowest BCUT2D eigenvalue weighted by molar-refractivity contribution is 0.0891. The predicted octanol–water partition coefficient (Wildman–Crippen LogP) is 1.09. The molecule has 1 aliphatic rings. The molecular weight excluding hydrogens is 228 g/mol. The van der Waals surface area contributed by atoms with Gasteiger partial charge in [0, 0.05) is 19.6 Å². The molecule has 1 aliphatic heterocycles. The van der Waals surface area contributed by atoms with Crippen LogP contribution in [-0.4, -0.2) is 50.5 Å². The van der Waals surface area contributed by atoms with Crippen molar-refractivity contribution in [3.8, 4) is 5.75 Å². The summed E-state index contributed by atoms with van der Waals surface area (Å²) in [5, 5.41) is 3.27. The number of hydrogen-bond acceptors (Lipinski definition) is 4. The second-order valence-corrected chi connectivity index (χ2v) is 4.84. The molecule has 0 radical (unpaired) electrons. The van der Waals surface area contributed by atoms with Crippen LogP contribution in [0.4, 0.5) is 0 Å². The van der Waals surface area contributed by atoms with E-state index < -0.39 is 0 Å². The van der Waals surface area contributed by atoms with Crippen LogP contribution in [0.1, 0.15) is 15.9 Å². The first-order valence-electron chi connectivity index (χ1n) is 6.22. The summed E-state index contributed by atoms with van der Waals surface area (Å²) in [5.74, 6) is 0.766. The second-order valence-electron chi connectivity index (χ2n) is 4.84. The van der Waals surface area contributed by atoms with Crippen LogP contribution in [0.25, 0.3) is 0 Å². The summed E-state index contributed by atoms with van der Waals surface area (Å²) in [6.45, 7) is 4.56. The number of aryl methyl sites for hydroxylation is 1. The van der Waals surface area contributed by atoms with Gasteiger partial charge in [-0.05, 0) is 26.1 Å². The van der Waals surface area contributed by atoms with Gasteiger partial charge >= 0.3 is 0 Å². The van der Waals surface area contributed by atoms with Crippen LogP contribution >= 0.6 is 0 Å². The molecule has 0 amide bonds. The number of Topliss-reactive ketones (excluding diaryl/α,β-unsaturated/α-hetero) is 1. The van der Waals surface area contributed by atoms with Crippen LogP contribution in [0.3, 0.4) is 0 Å². The zero-order chi connectivity index (χ0) is 13.1. The van der Waals surface area contributed by atoms with Crippen molar-refractivity contribution in [3.63, 3.8) is 0 Å². The number of carbonyl (C=O) groups excluding carboxylic acids is 1. The number of benzene rings is 1. The molecule has 1 aromatic rings. The van der Waals surface area contributed by atoms with Crippen molar-refractivity contribution in [2.45, 2.75) is 13.0 Å². The van der Waals surface area contributed by atoms with Gasteiger partial charge in [0.2, 0.25) is 0 Å². The molecule has 1 N–H and O–H groups in total. The maximum atomic E-state index is 12.5. The fourth-order valence-corrected chi connectivity index (χ4v) is 2.27. The minimum atomic E-state index is -0.139. The molecular formula is C14H20N2O2. The Morgan fingerprint density at radius 3 is 2.94 bits per heavy atom. The van der Waals surface area contributed by atoms with E-state index in [1.165, 1.54) is 0 Å². The van der Waals surface area contributed by atoms with Gasteiger partial charge < -0.3 is 15.0 Å². The molecule has 0 aromatic heterocycles. The molecule has 0 spiro atoms. The summed E-state index contributed by atoms with van der Waals surface area (Å²) >= 11 is 0. The van der Waals surface area contributed by atoms with Gasteiger partial charge in [0.15, 0.2) is 5.78 Å². The fourth-order valence-electron chi connectivity index (χ4n) is 2.27. The van der Waals surface area contributed by atoms with Crippen LogP contribution in [0.5, 0.6) is 5.75 Å². The van der Waals surface area contributed by atoms with Gasteiger partial charge in [-0.25, -0.2) is 0 Å². The lowest BCUT2D eigenvalue weighted by Crippen LogP contribution is -2.52. The summed E-state index contributed by atoms with van der Waals surface area (Å²) in [6, 6.07) is 5.57. The number of piperazine rings is 1. The molecule has 1 unspecified atom stereocenters. The Kier molecular flexibility index (Phi) is 3.99. The molecule has 0 aliphatic carbocycles. The number of hydrogen-bond donors (Lipinski definition) is 1. The highest BCUT2D eigenvalue weighted by atomic mass is 16.5. The van der Waals surface area contributed by atoms with E-state index >= 15 is 0 Å². The molecule has 18 heavy (non-hydrogen) atoms. The summed E-state index contributed by atoms with van der Waals surface area (Å²) in [5.41, 5.74) is 1.74. The zero-order valence-corrected chi connectivity index (χ0v) is 11.2. The molecule has 2 rings (SSSR count). The smallest absolute Gasteiger partial charge is 0.184 e. The molecule has 98 valence electrons. The Labute approximate surface area is 108 Å². The average Bonchev–Trinajstić information content (AvgIpc) is 2.38. The minimum Gasteiger partial charge on any atom is -0.496 e. The van der Waals surface area contributed by atoms with E-state index in [-0.39, 0.29) is 11.8 Å². The van der Waals surface area contributed by atoms with Crippen molar-refractivity contribution in [2.24, 2.45) is 0 Å². The Balaban J connectivity index is 2.24. The number of nitrogens with zero attached hydrogens (tertiary/aromatic N) is 1. The highest BCUT2D eigenvalue weighted by molar-refractivity contribution is 6.02. The zero-order valence-electron chi connectivity index (χ0n) is 11.2. The van der Waals surface area contributed by atoms with Gasteiger partial charge in [-0.15, -0.1) is 0 Å². The Morgan fingerprint density at radius 1 is 1.50 bits per heavy atom. The van der Waals surface area contributed by atoms with Crippen molar-refractivity contribution in [1.82, 2.24) is 10.2 Å². The van der Waals surface area contributed by atoms with E-state index in [0.29, 0.717) is 11.3 Å². The first-order chi connectivity index (χ1) is 8.61. The highest BCUT2D eigenvalue weighted by Crippen LogP contribution is 2.21. The number of ketones is 1. The van der Waals surface area contributed by atoms with Crippen molar-refractivity contribution >= 4 is 5.78 Å². The predicted molar refractivity (Wildman–Crippen MR) is 71.3 cm³/mol. The van der Waals surface area contributed by atoms with E-state index in [1.807, 2.05) is 32.2 Å². The Hall–Kier alpha value is -1.39. The number of likely N-dealkylation sites (N-methyl/N-ethyl adjacent to an activating group) is 1. The van der Waals surface area contributed by atoms with Gasteiger partial charge in [-0.1, -0.05) is 11.6 Å². The summed E-state index contributed by atoms with van der Waals surface area (Å²) in [6.07, 6.45) is 0. The number of rotatable bonds is 3. The van der Waals surface area contributed by atoms with E-state index in [0.717, 1.165) is 25.2 Å². The molecule has 1 aromatic carbocycles. The van der Waals surface area contributed by atoms with Gasteiger partial charge in [-0.3, -0.25) is 4.79 Å². The van der Waals surface area contributed by atoms with E-state index in [4.69, 9.17) is 4.74 Å². The number of methoxy groups -OCH3 is 1. The Bertz CT molecular complexity index is 445. The van der Waals surface area contributed by atoms with E-state index in [2.05, 4.69) is 10.2 Å². The minimum absolute atomic E-state index is 0.113. The van der Waals surface area contributed by atoms with E-state index in [1.54, 1.807) is 7.11 Å². The lowest BCUT2D eigenvalue weighted by Gasteiger charge is -2.30. The largest absolute Gasteiger partial charge is 0.496 e. The van der Waals surface area contributed by atoms with Crippen molar-refractivity contribution in [2.75, 3.05) is 33.8 Å². The van der Waals surface area contributed by atoms with Crippen molar-refractivity contribution < 1.29 is 9.53 Å². The molecule has 0 saturated carbocycles. The third-order valence-corrected chi connectivity index (χ3v) is 3.32. The SMILES string of the molecule is COc1ccc(C)cc1C(=O)C1CN(C)CCN1. The maximum absolute atomic E-state index is 12.5. The lowest BCUT2D eigenvalue weighted by atomic mass is 9.99. The third-order valence-electron chi connectivity index (χ3n) is 3.32. The van der Waals surface area contributed by atoms with Crippen LogP contribution in [0.2, 0.25) is 0 Å². The quantitative estimate of drug-likeness (QED) is 0.813. The molecule has 0 bridgehead atoms. The van der Waals surface area contributed by atoms with E-state index in [9.17, 15) is 4.79 Å². The van der Waals surface area contributed by atoms with Crippen LogP contribution in [0.15, 0.2) is 18.2 Å². The first kappa shape index (κ1) is 13.1. The highest BCUT2D eigenvalue weighted by Gasteiger charge is 2.26. The summed E-state index contributed by atoms with van der Waals surface area (Å²) in [4.78, 5) is 14.7. The molecule has 1 saturated heterocycles. The molecule has 4 nitrogen and oxygen atoms in total. The number of carbonyl (C=O) groups is 1. The van der Waals surface area contributed by atoms with Crippen LogP contribution in [0, 0.1) is 6.92 Å². The van der Waals surface area contributed by atoms with Gasteiger partial charge in [-0.2, -0.15) is 0 Å². The van der Waals surface area contributed by atoms with Gasteiger partial charge in [0.1, 0.15) is 5.75 Å². The topological polar surface area (TPSA) is 41.6 Å². The fraction of sp³-hybridized carbons (Fsp3) is 0.500. The normalized spacial score (nSPS) is 20.7. The molecule has 4 heteroatoms.